The summed E-state index contributed by atoms with van der Waals surface area (Å²) in [5, 5.41) is 11.4. The maximum Gasteiger partial charge on any atom is 0.258 e. The first-order valence-corrected chi connectivity index (χ1v) is 8.30. The van der Waals surface area contributed by atoms with Gasteiger partial charge in [-0.05, 0) is 35.7 Å². The van der Waals surface area contributed by atoms with Crippen molar-refractivity contribution in [3.63, 3.8) is 0 Å². The molecule has 2 aliphatic heterocycles. The summed E-state index contributed by atoms with van der Waals surface area (Å²) in [6, 6.07) is 10.4. The van der Waals surface area contributed by atoms with Gasteiger partial charge in [0, 0.05) is 30.0 Å². The van der Waals surface area contributed by atoms with Crippen molar-refractivity contribution in [2.24, 2.45) is 0 Å². The second-order valence-electron chi connectivity index (χ2n) is 6.73. The van der Waals surface area contributed by atoms with Crippen LogP contribution in [0, 0.1) is 6.92 Å². The van der Waals surface area contributed by atoms with Crippen molar-refractivity contribution in [1.82, 2.24) is 15.5 Å². The molecule has 1 saturated heterocycles. The van der Waals surface area contributed by atoms with Crippen molar-refractivity contribution in [3.05, 3.63) is 58.8 Å². The van der Waals surface area contributed by atoms with Crippen LogP contribution < -0.4 is 10.2 Å². The van der Waals surface area contributed by atoms with Crippen molar-refractivity contribution in [1.29, 1.82) is 0 Å². The summed E-state index contributed by atoms with van der Waals surface area (Å²) >= 11 is 0. The van der Waals surface area contributed by atoms with Gasteiger partial charge in [-0.3, -0.25) is 9.89 Å². The molecule has 3 aromatic rings. The number of H-pyrrole nitrogens is 1. The molecule has 2 aliphatic rings. The van der Waals surface area contributed by atoms with Crippen LogP contribution in [0.25, 0.3) is 10.9 Å². The Morgan fingerprint density at radius 2 is 2.08 bits per heavy atom. The van der Waals surface area contributed by atoms with Crippen LogP contribution in [0.5, 0.6) is 0 Å². The van der Waals surface area contributed by atoms with Crippen LogP contribution in [0.1, 0.15) is 33.0 Å². The number of fused-ring (bicyclic) bond motifs is 2. The molecule has 1 aromatic heterocycles. The Morgan fingerprint density at radius 1 is 1.21 bits per heavy atom. The minimum atomic E-state index is 0.0834. The zero-order valence-corrected chi connectivity index (χ0v) is 13.5. The summed E-state index contributed by atoms with van der Waals surface area (Å²) in [6.07, 6.45) is 1.80. The largest absolute Gasteiger partial charge is 0.315 e. The number of hydrogen-bond acceptors (Lipinski definition) is 3. The molecule has 0 saturated carbocycles. The molecular formula is C19H18N4O. The van der Waals surface area contributed by atoms with Crippen molar-refractivity contribution in [3.8, 4) is 0 Å². The molecule has 5 rings (SSSR count). The molecule has 0 unspecified atom stereocenters. The van der Waals surface area contributed by atoms with Gasteiger partial charge >= 0.3 is 0 Å². The van der Waals surface area contributed by atoms with Gasteiger partial charge in [-0.1, -0.05) is 18.2 Å². The van der Waals surface area contributed by atoms with Gasteiger partial charge in [0.05, 0.1) is 23.9 Å². The SMILES string of the molecule is Cc1ccc2[nH]ncc2c1N1Cc2cc(C3CNC3)ccc2C1=O. The van der Waals surface area contributed by atoms with Gasteiger partial charge < -0.3 is 10.2 Å². The van der Waals surface area contributed by atoms with Gasteiger partial charge in [0.2, 0.25) is 0 Å². The summed E-state index contributed by atoms with van der Waals surface area (Å²) < 4.78 is 0. The molecule has 1 amide bonds. The van der Waals surface area contributed by atoms with Crippen molar-refractivity contribution < 1.29 is 4.79 Å². The number of aromatic amines is 1. The van der Waals surface area contributed by atoms with E-state index >= 15 is 0 Å². The summed E-state index contributed by atoms with van der Waals surface area (Å²) in [4.78, 5) is 14.9. The van der Waals surface area contributed by atoms with E-state index in [1.165, 1.54) is 5.56 Å². The summed E-state index contributed by atoms with van der Waals surface area (Å²) in [7, 11) is 0. The molecule has 5 nitrogen and oxygen atoms in total. The quantitative estimate of drug-likeness (QED) is 0.764. The topological polar surface area (TPSA) is 61.0 Å². The maximum absolute atomic E-state index is 13.0. The number of rotatable bonds is 2. The van der Waals surface area contributed by atoms with Gasteiger partial charge in [-0.2, -0.15) is 5.10 Å². The van der Waals surface area contributed by atoms with Crippen LogP contribution in [0.4, 0.5) is 5.69 Å². The second kappa shape index (κ2) is 4.92. The van der Waals surface area contributed by atoms with E-state index in [0.717, 1.165) is 46.4 Å². The average Bonchev–Trinajstić information content (AvgIpc) is 3.11. The Kier molecular flexibility index (Phi) is 2.82. The lowest BCUT2D eigenvalue weighted by Gasteiger charge is -2.27. The number of nitrogens with zero attached hydrogens (tertiary/aromatic N) is 2. The van der Waals surface area contributed by atoms with E-state index in [4.69, 9.17) is 0 Å². The normalized spacial score (nSPS) is 17.4. The Balaban J connectivity index is 1.59. The minimum Gasteiger partial charge on any atom is -0.315 e. The number of benzene rings is 2. The van der Waals surface area contributed by atoms with Crippen LogP contribution in [0.2, 0.25) is 0 Å². The van der Waals surface area contributed by atoms with Crippen LogP contribution >= 0.6 is 0 Å². The Bertz CT molecular complexity index is 971. The lowest BCUT2D eigenvalue weighted by molar-refractivity contribution is 0.0996. The second-order valence-corrected chi connectivity index (χ2v) is 6.73. The third-order valence-electron chi connectivity index (χ3n) is 5.25. The van der Waals surface area contributed by atoms with E-state index in [1.807, 2.05) is 30.0 Å². The number of nitrogens with one attached hydrogen (secondary N) is 2. The van der Waals surface area contributed by atoms with E-state index in [0.29, 0.717) is 12.5 Å². The number of anilines is 1. The molecule has 2 N–H and O–H groups in total. The molecule has 2 aromatic carbocycles. The number of amides is 1. The molecule has 0 spiro atoms. The first-order chi connectivity index (χ1) is 11.7. The molecule has 3 heterocycles. The smallest absolute Gasteiger partial charge is 0.258 e. The van der Waals surface area contributed by atoms with E-state index in [9.17, 15) is 4.79 Å². The first-order valence-electron chi connectivity index (χ1n) is 8.30. The summed E-state index contributed by atoms with van der Waals surface area (Å²) in [5.74, 6) is 0.665. The van der Waals surface area contributed by atoms with Crippen molar-refractivity contribution in [2.45, 2.75) is 19.4 Å². The predicted octanol–water partition coefficient (Wildman–Crippen LogP) is 2.72. The maximum atomic E-state index is 13.0. The van der Waals surface area contributed by atoms with E-state index in [-0.39, 0.29) is 5.91 Å². The highest BCUT2D eigenvalue weighted by Gasteiger charge is 2.32. The van der Waals surface area contributed by atoms with Gasteiger partial charge in [-0.15, -0.1) is 0 Å². The fourth-order valence-corrected chi connectivity index (χ4v) is 3.77. The van der Waals surface area contributed by atoms with Gasteiger partial charge in [0.1, 0.15) is 0 Å². The van der Waals surface area contributed by atoms with E-state index in [2.05, 4.69) is 27.6 Å². The lowest BCUT2D eigenvalue weighted by atomic mass is 9.91. The van der Waals surface area contributed by atoms with Gasteiger partial charge in [0.25, 0.3) is 5.91 Å². The Hall–Kier alpha value is -2.66. The number of carbonyl (C=O) groups is 1. The average molecular weight is 318 g/mol. The van der Waals surface area contributed by atoms with E-state index < -0.39 is 0 Å². The fraction of sp³-hybridized carbons (Fsp3) is 0.263. The minimum absolute atomic E-state index is 0.0834. The number of carbonyl (C=O) groups excluding carboxylic acids is 1. The van der Waals surface area contributed by atoms with Crippen LogP contribution in [0.3, 0.4) is 0 Å². The summed E-state index contributed by atoms with van der Waals surface area (Å²) in [5.41, 5.74) is 6.30. The third kappa shape index (κ3) is 1.85. The molecule has 0 radical (unpaired) electrons. The van der Waals surface area contributed by atoms with Crippen molar-refractivity contribution in [2.75, 3.05) is 18.0 Å². The van der Waals surface area contributed by atoms with Gasteiger partial charge in [-0.25, -0.2) is 0 Å². The number of aryl methyl sites for hydroxylation is 1. The predicted molar refractivity (Wildman–Crippen MR) is 93.4 cm³/mol. The Morgan fingerprint density at radius 3 is 2.88 bits per heavy atom. The monoisotopic (exact) mass is 318 g/mol. The fourth-order valence-electron chi connectivity index (χ4n) is 3.77. The Labute approximate surface area is 139 Å². The highest BCUT2D eigenvalue weighted by Crippen LogP contribution is 2.36. The zero-order valence-electron chi connectivity index (χ0n) is 13.5. The lowest BCUT2D eigenvalue weighted by Crippen LogP contribution is -2.39. The molecule has 0 aliphatic carbocycles. The summed E-state index contributed by atoms with van der Waals surface area (Å²) in [6.45, 7) is 4.74. The van der Waals surface area contributed by atoms with Crippen LogP contribution in [-0.2, 0) is 6.54 Å². The van der Waals surface area contributed by atoms with Crippen LogP contribution in [0.15, 0.2) is 36.5 Å². The number of aromatic nitrogens is 2. The molecule has 24 heavy (non-hydrogen) atoms. The molecular weight excluding hydrogens is 300 g/mol. The molecule has 1 fully saturated rings. The number of hydrogen-bond donors (Lipinski definition) is 2. The molecule has 0 bridgehead atoms. The zero-order chi connectivity index (χ0) is 16.3. The molecule has 5 heteroatoms. The first kappa shape index (κ1) is 13.7. The van der Waals surface area contributed by atoms with Gasteiger partial charge in [0.15, 0.2) is 0 Å². The standard InChI is InChI=1S/C19H18N4O/c1-11-2-5-17-16(9-21-22-17)18(11)23-10-13-6-12(14-7-20-8-14)3-4-15(13)19(23)24/h2-6,9,14,20H,7-8,10H2,1H3,(H,21,22). The van der Waals surface area contributed by atoms with Crippen molar-refractivity contribution >= 4 is 22.5 Å². The molecule has 0 atom stereocenters. The van der Waals surface area contributed by atoms with E-state index in [1.54, 1.807) is 6.20 Å². The highest BCUT2D eigenvalue weighted by molar-refractivity contribution is 6.14. The third-order valence-corrected chi connectivity index (χ3v) is 5.25. The molecule has 120 valence electrons. The highest BCUT2D eigenvalue weighted by atomic mass is 16.2. The van der Waals surface area contributed by atoms with Crippen LogP contribution in [-0.4, -0.2) is 29.2 Å².